The van der Waals surface area contributed by atoms with Gasteiger partial charge in [0.25, 0.3) is 5.91 Å². The van der Waals surface area contributed by atoms with Crippen molar-refractivity contribution in [2.75, 3.05) is 10.6 Å². The topological polar surface area (TPSA) is 118 Å². The Hall–Kier alpha value is -5.03. The number of hydrogen-bond acceptors (Lipinski definition) is 8. The number of ether oxygens (including phenoxy) is 1. The smallest absolute Gasteiger partial charge is 0.412 e. The number of nitrogens with one attached hydrogen (secondary N) is 3. The molecule has 0 bridgehead atoms. The summed E-state index contributed by atoms with van der Waals surface area (Å²) in [6.07, 6.45) is 0.837. The highest BCUT2D eigenvalue weighted by Gasteiger charge is 2.19. The molecule has 0 aliphatic rings. The summed E-state index contributed by atoms with van der Waals surface area (Å²) in [6.45, 7) is 11.1. The Bertz CT molecular complexity index is 1900. The van der Waals surface area contributed by atoms with Crippen molar-refractivity contribution >= 4 is 52.0 Å². The molecule has 2 aromatic heterocycles. The molecule has 47 heavy (non-hydrogen) atoms. The molecule has 0 saturated carbocycles. The van der Waals surface area contributed by atoms with Gasteiger partial charge in [-0.1, -0.05) is 55.9 Å². The molecule has 5 aromatic rings. The third-order valence-electron chi connectivity index (χ3n) is 7.02. The number of aromatic nitrogens is 3. The fourth-order valence-corrected chi connectivity index (χ4v) is 5.61. The highest BCUT2D eigenvalue weighted by Crippen LogP contribution is 2.37. The van der Waals surface area contributed by atoms with Crippen molar-refractivity contribution in [3.05, 3.63) is 108 Å². The molecular formula is C36H37FN6O3S. The van der Waals surface area contributed by atoms with Gasteiger partial charge in [0.15, 0.2) is 5.65 Å². The third-order valence-corrected chi connectivity index (χ3v) is 8.11. The van der Waals surface area contributed by atoms with E-state index in [0.29, 0.717) is 39.5 Å². The standard InChI is InChI=1S/C36H37FN6O3S/c1-21(2)31-28(37)19-27-32(38-20-39-33(27)43-31)42-29-18-24(34(44)40-22(3)23-10-8-7-9-11-23)12-17-30(29)47-26-15-13-25(14-16-26)41-35(45)46-36(4,5)6/h7-22H,1-6H3,(H,40,44)(H,41,45)(H,38,39,42,43)/t22-/m0/s1. The summed E-state index contributed by atoms with van der Waals surface area (Å²) in [7, 11) is 0. The van der Waals surface area contributed by atoms with E-state index in [9.17, 15) is 9.59 Å². The number of carbonyl (C=O) groups excluding carboxylic acids is 2. The van der Waals surface area contributed by atoms with Gasteiger partial charge in [0.2, 0.25) is 0 Å². The summed E-state index contributed by atoms with van der Waals surface area (Å²) in [6, 6.07) is 23.6. The van der Waals surface area contributed by atoms with E-state index in [1.165, 1.54) is 24.2 Å². The first-order chi connectivity index (χ1) is 22.4. The largest absolute Gasteiger partial charge is 0.444 e. The van der Waals surface area contributed by atoms with Gasteiger partial charge in [0, 0.05) is 21.0 Å². The maximum absolute atomic E-state index is 15.0. The zero-order valence-electron chi connectivity index (χ0n) is 27.1. The molecule has 5 rings (SSSR count). The number of benzene rings is 3. The molecule has 242 valence electrons. The van der Waals surface area contributed by atoms with Gasteiger partial charge < -0.3 is 15.4 Å². The van der Waals surface area contributed by atoms with Gasteiger partial charge in [-0.2, -0.15) is 0 Å². The van der Waals surface area contributed by atoms with Gasteiger partial charge in [-0.05, 0) is 87.7 Å². The summed E-state index contributed by atoms with van der Waals surface area (Å²) in [5, 5.41) is 9.53. The van der Waals surface area contributed by atoms with E-state index in [2.05, 4.69) is 30.9 Å². The van der Waals surface area contributed by atoms with Crippen LogP contribution in [0.4, 0.5) is 26.4 Å². The molecule has 0 aliphatic heterocycles. The van der Waals surface area contributed by atoms with Crippen LogP contribution in [0.25, 0.3) is 11.0 Å². The summed E-state index contributed by atoms with van der Waals surface area (Å²) >= 11 is 1.45. The van der Waals surface area contributed by atoms with Crippen molar-refractivity contribution in [2.24, 2.45) is 0 Å². The van der Waals surface area contributed by atoms with Gasteiger partial charge in [0.1, 0.15) is 23.6 Å². The SMILES string of the molecule is CC(C)c1nc2ncnc(Nc3cc(C(=O)N[C@@H](C)c4ccccc4)ccc3Sc3ccc(NC(=O)OC(C)(C)C)cc3)c2cc1F. The minimum atomic E-state index is -0.612. The molecule has 3 aromatic carbocycles. The van der Waals surface area contributed by atoms with Gasteiger partial charge in [-0.15, -0.1) is 0 Å². The van der Waals surface area contributed by atoms with Crippen molar-refractivity contribution in [1.29, 1.82) is 0 Å². The van der Waals surface area contributed by atoms with Crippen molar-refractivity contribution in [1.82, 2.24) is 20.3 Å². The molecule has 0 spiro atoms. The predicted octanol–water partition coefficient (Wildman–Crippen LogP) is 9.02. The molecule has 0 fully saturated rings. The number of rotatable bonds is 9. The second-order valence-electron chi connectivity index (χ2n) is 12.3. The Labute approximate surface area is 277 Å². The van der Waals surface area contributed by atoms with Crippen LogP contribution in [0.1, 0.15) is 75.1 Å². The van der Waals surface area contributed by atoms with Crippen LogP contribution in [-0.2, 0) is 4.74 Å². The molecule has 9 nitrogen and oxygen atoms in total. The molecule has 1 atom stereocenters. The molecule has 0 aliphatic carbocycles. The van der Waals surface area contributed by atoms with Gasteiger partial charge in [0.05, 0.1) is 22.8 Å². The van der Waals surface area contributed by atoms with Crippen molar-refractivity contribution in [2.45, 2.75) is 68.9 Å². The zero-order chi connectivity index (χ0) is 33.7. The van der Waals surface area contributed by atoms with Crippen LogP contribution in [0, 0.1) is 5.82 Å². The van der Waals surface area contributed by atoms with Crippen LogP contribution in [-0.4, -0.2) is 32.6 Å². The maximum atomic E-state index is 15.0. The van der Waals surface area contributed by atoms with Crippen molar-refractivity contribution in [3.8, 4) is 0 Å². The molecular weight excluding hydrogens is 616 g/mol. The first kappa shape index (κ1) is 33.3. The Morgan fingerprint density at radius 3 is 2.32 bits per heavy atom. The second-order valence-corrected chi connectivity index (χ2v) is 13.4. The van der Waals surface area contributed by atoms with E-state index < -0.39 is 17.5 Å². The van der Waals surface area contributed by atoms with Gasteiger partial charge in [-0.3, -0.25) is 10.1 Å². The van der Waals surface area contributed by atoms with Crippen LogP contribution < -0.4 is 16.0 Å². The van der Waals surface area contributed by atoms with Crippen molar-refractivity contribution < 1.29 is 18.7 Å². The zero-order valence-corrected chi connectivity index (χ0v) is 27.9. The normalized spacial score (nSPS) is 12.1. The van der Waals surface area contributed by atoms with E-state index in [1.807, 2.05) is 69.3 Å². The Kier molecular flexibility index (Phi) is 10.0. The summed E-state index contributed by atoms with van der Waals surface area (Å²) in [5.41, 5.74) is 2.66. The average Bonchev–Trinajstić information content (AvgIpc) is 3.02. The van der Waals surface area contributed by atoms with Gasteiger partial charge in [-0.25, -0.2) is 24.1 Å². The van der Waals surface area contributed by atoms with Crippen LogP contribution in [0.15, 0.2) is 95.0 Å². The van der Waals surface area contributed by atoms with E-state index in [1.54, 1.807) is 45.0 Å². The Morgan fingerprint density at radius 1 is 0.915 bits per heavy atom. The van der Waals surface area contributed by atoms with E-state index in [-0.39, 0.29) is 17.9 Å². The van der Waals surface area contributed by atoms with Crippen LogP contribution in [0.2, 0.25) is 0 Å². The predicted molar refractivity (Wildman–Crippen MR) is 184 cm³/mol. The van der Waals surface area contributed by atoms with Crippen LogP contribution >= 0.6 is 11.8 Å². The van der Waals surface area contributed by atoms with E-state index in [0.717, 1.165) is 15.4 Å². The number of halogens is 1. The highest BCUT2D eigenvalue weighted by atomic mass is 32.2. The first-order valence-electron chi connectivity index (χ1n) is 15.2. The average molecular weight is 653 g/mol. The third kappa shape index (κ3) is 8.62. The fraction of sp³-hybridized carbons (Fsp3) is 0.250. The molecule has 2 heterocycles. The quantitative estimate of drug-likeness (QED) is 0.144. The molecule has 0 unspecified atom stereocenters. The minimum Gasteiger partial charge on any atom is -0.444 e. The van der Waals surface area contributed by atoms with E-state index in [4.69, 9.17) is 4.74 Å². The number of fused-ring (bicyclic) bond motifs is 1. The number of hydrogen-bond donors (Lipinski definition) is 3. The van der Waals surface area contributed by atoms with Crippen LogP contribution in [0.5, 0.6) is 0 Å². The molecule has 3 N–H and O–H groups in total. The number of pyridine rings is 1. The molecule has 11 heteroatoms. The number of amides is 2. The Morgan fingerprint density at radius 2 is 1.64 bits per heavy atom. The minimum absolute atomic E-state index is 0.118. The molecule has 2 amide bonds. The monoisotopic (exact) mass is 652 g/mol. The summed E-state index contributed by atoms with van der Waals surface area (Å²) in [5.74, 6) is -0.456. The van der Waals surface area contributed by atoms with Crippen LogP contribution in [0.3, 0.4) is 0 Å². The first-order valence-corrected chi connectivity index (χ1v) is 16.0. The second kappa shape index (κ2) is 14.2. The Balaban J connectivity index is 1.45. The number of nitrogens with zero attached hydrogens (tertiary/aromatic N) is 3. The lowest BCUT2D eigenvalue weighted by Gasteiger charge is -2.19. The lowest BCUT2D eigenvalue weighted by atomic mass is 10.1. The highest BCUT2D eigenvalue weighted by molar-refractivity contribution is 7.99. The lowest BCUT2D eigenvalue weighted by molar-refractivity contribution is 0.0635. The molecule has 0 radical (unpaired) electrons. The number of carbonyl (C=O) groups is 2. The molecule has 0 saturated heterocycles. The summed E-state index contributed by atoms with van der Waals surface area (Å²) < 4.78 is 20.4. The van der Waals surface area contributed by atoms with Crippen molar-refractivity contribution in [3.63, 3.8) is 0 Å². The van der Waals surface area contributed by atoms with Gasteiger partial charge >= 0.3 is 6.09 Å². The lowest BCUT2D eigenvalue weighted by Crippen LogP contribution is -2.27. The summed E-state index contributed by atoms with van der Waals surface area (Å²) in [4.78, 5) is 40.4. The fourth-order valence-electron chi connectivity index (χ4n) is 4.73. The number of anilines is 3. The maximum Gasteiger partial charge on any atom is 0.412 e. The van der Waals surface area contributed by atoms with E-state index >= 15 is 4.39 Å².